The molecule has 1 aromatic carbocycles. The molecule has 1 heterocycles. The minimum absolute atomic E-state index is 0.380. The van der Waals surface area contributed by atoms with E-state index in [9.17, 15) is 9.18 Å². The fourth-order valence-electron chi connectivity index (χ4n) is 1.30. The Labute approximate surface area is 101 Å². The number of rotatable bonds is 1. The molecule has 0 bridgehead atoms. The van der Waals surface area contributed by atoms with Crippen LogP contribution in [0.15, 0.2) is 35.3 Å². The van der Waals surface area contributed by atoms with Gasteiger partial charge in [-0.2, -0.15) is 0 Å². The van der Waals surface area contributed by atoms with Crippen LogP contribution in [0.4, 0.5) is 4.39 Å². The third-order valence-corrected chi connectivity index (χ3v) is 2.85. The van der Waals surface area contributed by atoms with E-state index in [0.29, 0.717) is 21.2 Å². The molecule has 82 valence electrons. The molecule has 0 spiro atoms. The van der Waals surface area contributed by atoms with Crippen LogP contribution >= 0.6 is 23.2 Å². The van der Waals surface area contributed by atoms with Gasteiger partial charge in [-0.25, -0.2) is 4.39 Å². The van der Waals surface area contributed by atoms with Gasteiger partial charge in [-0.1, -0.05) is 29.3 Å². The lowest BCUT2D eigenvalue weighted by atomic mass is 10.1. The van der Waals surface area contributed by atoms with Crippen LogP contribution in [0.5, 0.6) is 0 Å². The van der Waals surface area contributed by atoms with Gasteiger partial charge >= 0.3 is 0 Å². The first-order valence-corrected chi connectivity index (χ1v) is 5.17. The molecule has 0 unspecified atom stereocenters. The Morgan fingerprint density at radius 2 is 1.81 bits per heavy atom. The Hall–Kier alpha value is -1.32. The van der Waals surface area contributed by atoms with Gasteiger partial charge in [0.15, 0.2) is 5.82 Å². The van der Waals surface area contributed by atoms with Crippen molar-refractivity contribution in [1.82, 2.24) is 4.98 Å². The van der Waals surface area contributed by atoms with E-state index in [0.717, 1.165) is 6.07 Å². The first-order valence-electron chi connectivity index (χ1n) is 4.41. The molecule has 2 aromatic rings. The predicted octanol–water partition coefficient (Wildman–Crippen LogP) is 3.49. The van der Waals surface area contributed by atoms with E-state index in [4.69, 9.17) is 23.2 Å². The maximum Gasteiger partial charge on any atom is 0.283 e. The van der Waals surface area contributed by atoms with E-state index in [-0.39, 0.29) is 0 Å². The Morgan fingerprint density at radius 3 is 2.44 bits per heavy atom. The standard InChI is InChI=1S/C11H6Cl2FNO/c12-8-2-1-6(3-9(8)13)7-4-10(14)11(16)15-5-7/h1-5H,(H,15,16). The van der Waals surface area contributed by atoms with Gasteiger partial charge in [-0.15, -0.1) is 0 Å². The molecule has 0 radical (unpaired) electrons. The van der Waals surface area contributed by atoms with Gasteiger partial charge in [0.25, 0.3) is 5.56 Å². The van der Waals surface area contributed by atoms with Crippen molar-refractivity contribution in [3.05, 3.63) is 56.7 Å². The summed E-state index contributed by atoms with van der Waals surface area (Å²) in [6.07, 6.45) is 1.42. The monoisotopic (exact) mass is 257 g/mol. The zero-order valence-corrected chi connectivity index (χ0v) is 9.44. The second-order valence-corrected chi connectivity index (χ2v) is 4.01. The minimum atomic E-state index is -0.830. The van der Waals surface area contributed by atoms with Gasteiger partial charge in [0.1, 0.15) is 0 Å². The van der Waals surface area contributed by atoms with Crippen molar-refractivity contribution >= 4 is 23.2 Å². The van der Waals surface area contributed by atoms with E-state index in [1.807, 2.05) is 0 Å². The van der Waals surface area contributed by atoms with Gasteiger partial charge in [0.2, 0.25) is 0 Å². The summed E-state index contributed by atoms with van der Waals surface area (Å²) in [7, 11) is 0. The van der Waals surface area contributed by atoms with E-state index >= 15 is 0 Å². The third kappa shape index (κ3) is 2.10. The van der Waals surface area contributed by atoms with E-state index in [2.05, 4.69) is 4.98 Å². The SMILES string of the molecule is O=c1[nH]cc(-c2ccc(Cl)c(Cl)c2)cc1F. The summed E-state index contributed by atoms with van der Waals surface area (Å²) in [5, 5.41) is 0.807. The van der Waals surface area contributed by atoms with Crippen LogP contribution < -0.4 is 5.56 Å². The van der Waals surface area contributed by atoms with E-state index < -0.39 is 11.4 Å². The maximum atomic E-state index is 13.0. The van der Waals surface area contributed by atoms with Crippen LogP contribution in [0.3, 0.4) is 0 Å². The fraction of sp³-hybridized carbons (Fsp3) is 0. The molecule has 0 aliphatic rings. The normalized spacial score (nSPS) is 10.4. The number of H-pyrrole nitrogens is 1. The topological polar surface area (TPSA) is 32.9 Å². The molecule has 16 heavy (non-hydrogen) atoms. The van der Waals surface area contributed by atoms with Gasteiger partial charge < -0.3 is 4.98 Å². The summed E-state index contributed by atoms with van der Waals surface area (Å²) in [5.41, 5.74) is 0.476. The summed E-state index contributed by atoms with van der Waals surface area (Å²) >= 11 is 11.6. The summed E-state index contributed by atoms with van der Waals surface area (Å²) < 4.78 is 13.0. The molecule has 0 saturated carbocycles. The fourth-order valence-corrected chi connectivity index (χ4v) is 1.60. The number of pyridine rings is 1. The molecule has 0 aliphatic carbocycles. The smallest absolute Gasteiger partial charge is 0.283 e. The Balaban J connectivity index is 2.54. The molecule has 0 atom stereocenters. The largest absolute Gasteiger partial charge is 0.326 e. The highest BCUT2D eigenvalue weighted by atomic mass is 35.5. The zero-order chi connectivity index (χ0) is 11.7. The van der Waals surface area contributed by atoms with Crippen molar-refractivity contribution in [2.75, 3.05) is 0 Å². The van der Waals surface area contributed by atoms with Crippen molar-refractivity contribution in [2.45, 2.75) is 0 Å². The first-order chi connectivity index (χ1) is 7.58. The number of hydrogen-bond donors (Lipinski definition) is 1. The van der Waals surface area contributed by atoms with Crippen LogP contribution in [0.1, 0.15) is 0 Å². The Morgan fingerprint density at radius 1 is 1.06 bits per heavy atom. The van der Waals surface area contributed by atoms with Crippen molar-refractivity contribution in [2.24, 2.45) is 0 Å². The van der Waals surface area contributed by atoms with Crippen LogP contribution in [0.25, 0.3) is 11.1 Å². The summed E-state index contributed by atoms with van der Waals surface area (Å²) in [6, 6.07) is 6.07. The highest BCUT2D eigenvalue weighted by molar-refractivity contribution is 6.42. The molecule has 5 heteroatoms. The summed E-state index contributed by atoms with van der Waals surface area (Å²) in [6.45, 7) is 0. The molecule has 0 saturated heterocycles. The predicted molar refractivity (Wildman–Crippen MR) is 62.5 cm³/mol. The molecule has 0 amide bonds. The quantitative estimate of drug-likeness (QED) is 0.834. The van der Waals surface area contributed by atoms with Crippen molar-refractivity contribution in [1.29, 1.82) is 0 Å². The van der Waals surface area contributed by atoms with Crippen LogP contribution in [0, 0.1) is 5.82 Å². The minimum Gasteiger partial charge on any atom is -0.326 e. The molecular weight excluding hydrogens is 252 g/mol. The lowest BCUT2D eigenvalue weighted by molar-refractivity contribution is 0.609. The van der Waals surface area contributed by atoms with Crippen LogP contribution in [-0.2, 0) is 0 Å². The van der Waals surface area contributed by atoms with Crippen molar-refractivity contribution in [3.8, 4) is 11.1 Å². The summed E-state index contributed by atoms with van der Waals surface area (Å²) in [5.74, 6) is -0.830. The van der Waals surface area contributed by atoms with E-state index in [1.165, 1.54) is 6.20 Å². The molecule has 1 aromatic heterocycles. The highest BCUT2D eigenvalue weighted by Crippen LogP contribution is 2.27. The Bertz CT molecular complexity index is 595. The molecule has 0 aliphatic heterocycles. The number of halogens is 3. The second-order valence-electron chi connectivity index (χ2n) is 3.19. The molecular formula is C11H6Cl2FNO. The van der Waals surface area contributed by atoms with Gasteiger partial charge in [-0.3, -0.25) is 4.79 Å². The second kappa shape index (κ2) is 4.28. The summed E-state index contributed by atoms with van der Waals surface area (Å²) in [4.78, 5) is 13.1. The van der Waals surface area contributed by atoms with Crippen LogP contribution in [0.2, 0.25) is 10.0 Å². The average Bonchev–Trinajstić information content (AvgIpc) is 2.26. The number of aromatic amines is 1. The van der Waals surface area contributed by atoms with Crippen molar-refractivity contribution < 1.29 is 4.39 Å². The maximum absolute atomic E-state index is 13.0. The lowest BCUT2D eigenvalue weighted by Crippen LogP contribution is -2.09. The molecule has 1 N–H and O–H groups in total. The molecule has 2 rings (SSSR count). The number of nitrogens with one attached hydrogen (secondary N) is 1. The number of hydrogen-bond acceptors (Lipinski definition) is 1. The molecule has 0 fully saturated rings. The van der Waals surface area contributed by atoms with Crippen molar-refractivity contribution in [3.63, 3.8) is 0 Å². The third-order valence-electron chi connectivity index (χ3n) is 2.11. The van der Waals surface area contributed by atoms with E-state index in [1.54, 1.807) is 18.2 Å². The van der Waals surface area contributed by atoms with Gasteiger partial charge in [0.05, 0.1) is 10.0 Å². The van der Waals surface area contributed by atoms with Crippen LogP contribution in [-0.4, -0.2) is 4.98 Å². The highest BCUT2D eigenvalue weighted by Gasteiger charge is 2.05. The van der Waals surface area contributed by atoms with Gasteiger partial charge in [0, 0.05) is 11.8 Å². The van der Waals surface area contributed by atoms with Gasteiger partial charge in [-0.05, 0) is 23.8 Å². The average molecular weight is 258 g/mol. The number of benzene rings is 1. The Kier molecular flexibility index (Phi) is 2.99. The lowest BCUT2D eigenvalue weighted by Gasteiger charge is -2.03. The zero-order valence-electron chi connectivity index (χ0n) is 7.93. The number of aromatic nitrogens is 1. The first kappa shape index (κ1) is 11.2. The molecule has 2 nitrogen and oxygen atoms in total.